The van der Waals surface area contributed by atoms with Gasteiger partial charge in [0.15, 0.2) is 5.78 Å². The van der Waals surface area contributed by atoms with Crippen LogP contribution in [0, 0.1) is 39.9 Å². The summed E-state index contributed by atoms with van der Waals surface area (Å²) in [7, 11) is 0. The highest BCUT2D eigenvalue weighted by Gasteiger charge is 2.53. The molecule has 2 aliphatic heterocycles. The zero-order valence-corrected chi connectivity index (χ0v) is 21.8. The molecular formula is C32H21BrN4O. The lowest BCUT2D eigenvalue weighted by Gasteiger charge is -2.31. The first-order chi connectivity index (χ1) is 18.6. The van der Waals surface area contributed by atoms with Crippen LogP contribution in [0.15, 0.2) is 119 Å². The van der Waals surface area contributed by atoms with E-state index in [1.165, 1.54) is 0 Å². The van der Waals surface area contributed by atoms with Gasteiger partial charge in [-0.05, 0) is 34.9 Å². The molecule has 2 aliphatic rings. The molecule has 182 valence electrons. The van der Waals surface area contributed by atoms with Crippen molar-refractivity contribution in [3.8, 4) is 18.2 Å². The summed E-state index contributed by atoms with van der Waals surface area (Å²) in [6.45, 7) is 0. The Balaban J connectivity index is 1.81. The topological polar surface area (TPSA) is 91.7 Å². The number of hydrogen-bond acceptors (Lipinski definition) is 5. The zero-order chi connectivity index (χ0) is 26.6. The fourth-order valence-electron chi connectivity index (χ4n) is 5.59. The van der Waals surface area contributed by atoms with Crippen LogP contribution in [0.25, 0.3) is 5.57 Å². The molecule has 0 N–H and O–H groups in total. The van der Waals surface area contributed by atoms with E-state index in [1.54, 1.807) is 24.4 Å². The second-order valence-electron chi connectivity index (χ2n) is 9.15. The van der Waals surface area contributed by atoms with Gasteiger partial charge in [0.1, 0.15) is 23.8 Å². The maximum absolute atomic E-state index is 14.2. The molecule has 0 aliphatic carbocycles. The highest BCUT2D eigenvalue weighted by Crippen LogP contribution is 2.52. The van der Waals surface area contributed by atoms with Crippen molar-refractivity contribution in [3.05, 3.63) is 136 Å². The number of nitriles is 3. The highest BCUT2D eigenvalue weighted by atomic mass is 79.9. The smallest absolute Gasteiger partial charge is 0.185 e. The van der Waals surface area contributed by atoms with Crippen LogP contribution in [-0.4, -0.2) is 22.8 Å². The summed E-state index contributed by atoms with van der Waals surface area (Å²) < 4.78 is 0.902. The summed E-state index contributed by atoms with van der Waals surface area (Å²) >= 11 is 3.51. The van der Waals surface area contributed by atoms with E-state index in [0.29, 0.717) is 16.7 Å². The lowest BCUT2D eigenvalue weighted by Crippen LogP contribution is -2.39. The van der Waals surface area contributed by atoms with Gasteiger partial charge in [-0.2, -0.15) is 15.8 Å². The molecule has 0 radical (unpaired) electrons. The Kier molecular flexibility index (Phi) is 7.05. The maximum Gasteiger partial charge on any atom is 0.185 e. The van der Waals surface area contributed by atoms with Crippen LogP contribution in [0.1, 0.15) is 27.4 Å². The molecule has 5 nitrogen and oxygen atoms in total. The average molecular weight is 557 g/mol. The molecule has 0 spiro atoms. The number of fused-ring (bicyclic) bond motifs is 1. The number of allylic oxidation sites excluding steroid dienone is 3. The van der Waals surface area contributed by atoms with Crippen molar-refractivity contribution in [2.75, 3.05) is 0 Å². The van der Waals surface area contributed by atoms with Crippen molar-refractivity contribution in [2.45, 2.75) is 18.0 Å². The Labute approximate surface area is 230 Å². The third kappa shape index (κ3) is 4.46. The number of hydrogen-bond donors (Lipinski definition) is 0. The van der Waals surface area contributed by atoms with Crippen molar-refractivity contribution in [3.63, 3.8) is 0 Å². The summed E-state index contributed by atoms with van der Waals surface area (Å²) in [6, 6.07) is 31.8. The molecule has 38 heavy (non-hydrogen) atoms. The van der Waals surface area contributed by atoms with Crippen LogP contribution < -0.4 is 0 Å². The largest absolute Gasteiger partial charge is 0.358 e. The second-order valence-corrected chi connectivity index (χ2v) is 10.1. The van der Waals surface area contributed by atoms with E-state index in [2.05, 4.69) is 34.1 Å². The monoisotopic (exact) mass is 556 g/mol. The zero-order valence-electron chi connectivity index (χ0n) is 20.2. The number of nitrogens with zero attached hydrogens (tertiary/aromatic N) is 4. The van der Waals surface area contributed by atoms with E-state index >= 15 is 0 Å². The summed E-state index contributed by atoms with van der Waals surface area (Å²) in [6.07, 6.45) is 5.41. The molecule has 5 rings (SSSR count). The molecule has 1 fully saturated rings. The fraction of sp³-hybridized carbons (Fsp3) is 0.125. The summed E-state index contributed by atoms with van der Waals surface area (Å²) in [4.78, 5) is 16.2. The molecule has 0 saturated carbocycles. The van der Waals surface area contributed by atoms with Gasteiger partial charge in [0.2, 0.25) is 0 Å². The maximum atomic E-state index is 14.2. The standard InChI is InChI=1S/C32H21BrN4O/c33-26-14-12-23(13-15-26)29-30(28(25(18-35)19-36)22-7-3-1-4-8-22)27-16-11-21(17-34)20-37(27)31(29)32(38)24-9-5-2-6-10-24/h1-16,20,27,29-31H/t27-,29+,30-,31-/m0/s1. The third-order valence-electron chi connectivity index (χ3n) is 7.14. The number of benzene rings is 3. The summed E-state index contributed by atoms with van der Waals surface area (Å²) in [5, 5.41) is 29.8. The Morgan fingerprint density at radius 2 is 1.42 bits per heavy atom. The minimum atomic E-state index is -0.667. The van der Waals surface area contributed by atoms with Gasteiger partial charge in [0, 0.05) is 28.1 Å². The minimum Gasteiger partial charge on any atom is -0.358 e. The first-order valence-corrected chi connectivity index (χ1v) is 12.9. The first-order valence-electron chi connectivity index (χ1n) is 12.1. The molecular weight excluding hydrogens is 536 g/mol. The van der Waals surface area contributed by atoms with Gasteiger partial charge in [0.05, 0.1) is 17.7 Å². The van der Waals surface area contributed by atoms with E-state index in [9.17, 15) is 20.6 Å². The first kappa shape index (κ1) is 25.0. The minimum absolute atomic E-state index is 0.0135. The SMILES string of the molecule is N#CC1=CN2[C@H](C(=O)c3ccccc3)[C@H](c3ccc(Br)cc3)[C@H](C(=C(C#N)C#N)c3ccccc3)[C@@H]2C=C1. The van der Waals surface area contributed by atoms with Gasteiger partial charge in [-0.15, -0.1) is 0 Å². The quantitative estimate of drug-likeness (QED) is 0.262. The molecule has 0 amide bonds. The summed E-state index contributed by atoms with van der Waals surface area (Å²) in [5.74, 6) is -0.914. The fourth-order valence-corrected chi connectivity index (χ4v) is 5.85. The number of rotatable bonds is 5. The lowest BCUT2D eigenvalue weighted by atomic mass is 9.73. The van der Waals surface area contributed by atoms with Crippen LogP contribution in [-0.2, 0) is 0 Å². The van der Waals surface area contributed by atoms with Crippen LogP contribution in [0.5, 0.6) is 0 Å². The molecule has 0 bridgehead atoms. The predicted molar refractivity (Wildman–Crippen MR) is 148 cm³/mol. The third-order valence-corrected chi connectivity index (χ3v) is 7.67. The van der Waals surface area contributed by atoms with E-state index in [4.69, 9.17) is 0 Å². The Morgan fingerprint density at radius 3 is 2.00 bits per heavy atom. The Bertz CT molecular complexity index is 1570. The van der Waals surface area contributed by atoms with Gasteiger partial charge >= 0.3 is 0 Å². The van der Waals surface area contributed by atoms with E-state index in [0.717, 1.165) is 15.6 Å². The van der Waals surface area contributed by atoms with Crippen molar-refractivity contribution in [2.24, 2.45) is 5.92 Å². The van der Waals surface area contributed by atoms with Gasteiger partial charge in [-0.25, -0.2) is 0 Å². The molecule has 2 heterocycles. The molecule has 3 aromatic carbocycles. The van der Waals surface area contributed by atoms with Crippen LogP contribution >= 0.6 is 15.9 Å². The number of halogens is 1. The second kappa shape index (κ2) is 10.7. The molecule has 1 saturated heterocycles. The summed E-state index contributed by atoms with van der Waals surface area (Å²) in [5.41, 5.74) is 3.28. The number of ketones is 1. The van der Waals surface area contributed by atoms with Crippen molar-refractivity contribution >= 4 is 27.3 Å². The van der Waals surface area contributed by atoms with Gasteiger partial charge in [-0.1, -0.05) is 94.8 Å². The van der Waals surface area contributed by atoms with Crippen molar-refractivity contribution < 1.29 is 4.79 Å². The van der Waals surface area contributed by atoms with Crippen molar-refractivity contribution in [1.82, 2.24) is 4.90 Å². The van der Waals surface area contributed by atoms with Gasteiger partial charge in [0.25, 0.3) is 0 Å². The predicted octanol–water partition coefficient (Wildman–Crippen LogP) is 6.56. The van der Waals surface area contributed by atoms with Crippen LogP contribution in [0.4, 0.5) is 0 Å². The average Bonchev–Trinajstić information content (AvgIpc) is 3.30. The van der Waals surface area contributed by atoms with Gasteiger partial charge < -0.3 is 4.90 Å². The highest BCUT2D eigenvalue weighted by molar-refractivity contribution is 9.10. The number of Topliss-reactive ketones (excluding diaryl/α,β-unsaturated/α-hetero) is 1. The van der Waals surface area contributed by atoms with Crippen LogP contribution in [0.3, 0.4) is 0 Å². The Hall–Kier alpha value is -4.70. The van der Waals surface area contributed by atoms with E-state index in [1.807, 2.05) is 83.8 Å². The molecule has 3 aromatic rings. The molecule has 0 aromatic heterocycles. The van der Waals surface area contributed by atoms with Crippen LogP contribution in [0.2, 0.25) is 0 Å². The molecule has 4 atom stereocenters. The number of carbonyl (C=O) groups excluding carboxylic acids is 1. The molecule has 0 unspecified atom stereocenters. The lowest BCUT2D eigenvalue weighted by molar-refractivity contribution is 0.0881. The Morgan fingerprint density at radius 1 is 0.816 bits per heavy atom. The van der Waals surface area contributed by atoms with Gasteiger partial charge in [-0.3, -0.25) is 4.79 Å². The number of carbonyl (C=O) groups is 1. The van der Waals surface area contributed by atoms with Crippen molar-refractivity contribution in [1.29, 1.82) is 15.8 Å². The molecule has 6 heteroatoms. The van der Waals surface area contributed by atoms with E-state index in [-0.39, 0.29) is 17.4 Å². The van der Waals surface area contributed by atoms with E-state index < -0.39 is 17.9 Å². The normalized spacial score (nSPS) is 21.3.